The quantitative estimate of drug-likeness (QED) is 0.158. The standard InChI is InChI=1S/C13H17NO2.C13H11NO.C6H6.C2H6O/c1-5-6(2)9-7(3)8(5)10-11(9)13(16)14(4)12(10)15;1-3-7-12(8-4-1)14-11-15-13-9-5-2-6-10-13;1-2-4-6-5-3-1;1-3-2/h7-11H,1-4H3;1-11H;1-6H;1-2H3. The van der Waals surface area contributed by atoms with E-state index in [1.165, 1.54) is 22.4 Å². The maximum absolute atomic E-state index is 12.1. The van der Waals surface area contributed by atoms with Crippen molar-refractivity contribution in [3.05, 3.63) is 108 Å². The van der Waals surface area contributed by atoms with E-state index in [4.69, 9.17) is 4.74 Å². The number of benzene rings is 3. The molecule has 0 spiro atoms. The predicted molar refractivity (Wildman–Crippen MR) is 160 cm³/mol. The highest BCUT2D eigenvalue weighted by Crippen LogP contribution is 2.61. The van der Waals surface area contributed by atoms with E-state index < -0.39 is 0 Å². The summed E-state index contributed by atoms with van der Waals surface area (Å²) in [6.07, 6.45) is 1.45. The first kappa shape index (κ1) is 30.5. The summed E-state index contributed by atoms with van der Waals surface area (Å²) in [5.74, 6) is 1.87. The number of hydrogen-bond donors (Lipinski definition) is 0. The van der Waals surface area contributed by atoms with Gasteiger partial charge in [-0.25, -0.2) is 4.99 Å². The molecule has 1 aliphatic heterocycles. The Morgan fingerprint density at radius 3 is 1.48 bits per heavy atom. The lowest BCUT2D eigenvalue weighted by atomic mass is 9.78. The molecular weight excluding hydrogens is 500 g/mol. The molecule has 40 heavy (non-hydrogen) atoms. The molecule has 1 saturated heterocycles. The van der Waals surface area contributed by atoms with Gasteiger partial charge in [-0.15, -0.1) is 0 Å². The fraction of sp³-hybridized carbons (Fsp3) is 0.324. The topological polar surface area (TPSA) is 68.2 Å². The highest BCUT2D eigenvalue weighted by molar-refractivity contribution is 6.06. The minimum atomic E-state index is -0.0544. The summed E-state index contributed by atoms with van der Waals surface area (Å²) in [6, 6.07) is 31.2. The third-order valence-corrected chi connectivity index (χ3v) is 7.70. The number of allylic oxidation sites excluding steroid dienone is 2. The number of amides is 2. The smallest absolute Gasteiger partial charge is 0.233 e. The highest BCUT2D eigenvalue weighted by Gasteiger charge is 2.64. The monoisotopic (exact) mass is 540 g/mol. The van der Waals surface area contributed by atoms with E-state index in [2.05, 4.69) is 30.5 Å². The van der Waals surface area contributed by atoms with Crippen LogP contribution in [0.3, 0.4) is 0 Å². The van der Waals surface area contributed by atoms with Gasteiger partial charge in [-0.05, 0) is 55.9 Å². The third-order valence-electron chi connectivity index (χ3n) is 7.70. The fourth-order valence-electron chi connectivity index (χ4n) is 5.89. The number of carbonyl (C=O) groups is 2. The van der Waals surface area contributed by atoms with E-state index >= 15 is 0 Å². The van der Waals surface area contributed by atoms with Crippen LogP contribution in [-0.2, 0) is 14.3 Å². The Balaban J connectivity index is 0.000000170. The highest BCUT2D eigenvalue weighted by atomic mass is 16.5. The van der Waals surface area contributed by atoms with Crippen LogP contribution in [0, 0.1) is 29.6 Å². The van der Waals surface area contributed by atoms with Crippen molar-refractivity contribution < 1.29 is 19.1 Å². The number of para-hydroxylation sites is 2. The Bertz CT molecular complexity index is 1210. The molecule has 0 aromatic heterocycles. The van der Waals surface area contributed by atoms with E-state index in [0.717, 1.165) is 11.4 Å². The number of carbonyl (C=O) groups excluding carboxylic acids is 2. The van der Waals surface area contributed by atoms with Crippen molar-refractivity contribution in [2.75, 3.05) is 21.3 Å². The van der Waals surface area contributed by atoms with Gasteiger partial charge in [0.05, 0.1) is 17.5 Å². The first-order valence-corrected chi connectivity index (χ1v) is 13.5. The minimum Gasteiger partial charge on any atom is -0.446 e. The molecule has 2 amide bonds. The van der Waals surface area contributed by atoms with Crippen LogP contribution < -0.4 is 4.74 Å². The Morgan fingerprint density at radius 2 is 1.05 bits per heavy atom. The van der Waals surface area contributed by atoms with Gasteiger partial charge in [0.15, 0.2) is 6.40 Å². The summed E-state index contributed by atoms with van der Waals surface area (Å²) in [5, 5.41) is 0. The number of imide groups is 1. The van der Waals surface area contributed by atoms with Crippen LogP contribution in [0.1, 0.15) is 20.8 Å². The first-order chi connectivity index (χ1) is 19.3. The predicted octanol–water partition coefficient (Wildman–Crippen LogP) is 6.82. The summed E-state index contributed by atoms with van der Waals surface area (Å²) in [5.41, 5.74) is 3.60. The van der Waals surface area contributed by atoms with Crippen molar-refractivity contribution in [2.24, 2.45) is 34.6 Å². The van der Waals surface area contributed by atoms with Crippen molar-refractivity contribution in [3.8, 4) is 5.75 Å². The van der Waals surface area contributed by atoms with Crippen LogP contribution in [0.4, 0.5) is 5.69 Å². The Labute approximate surface area is 238 Å². The molecule has 2 aliphatic carbocycles. The number of methoxy groups -OCH3 is 1. The lowest BCUT2D eigenvalue weighted by Gasteiger charge is -2.22. The van der Waals surface area contributed by atoms with Crippen molar-refractivity contribution in [2.45, 2.75) is 20.8 Å². The maximum Gasteiger partial charge on any atom is 0.233 e. The van der Waals surface area contributed by atoms with Gasteiger partial charge in [0.25, 0.3) is 0 Å². The second-order valence-corrected chi connectivity index (χ2v) is 10.1. The third kappa shape index (κ3) is 7.13. The molecule has 0 radical (unpaired) electrons. The van der Waals surface area contributed by atoms with Crippen molar-refractivity contribution >= 4 is 23.9 Å². The molecule has 6 nitrogen and oxygen atoms in total. The van der Waals surface area contributed by atoms with Crippen LogP contribution in [0.2, 0.25) is 0 Å². The number of fused-ring (bicyclic) bond motifs is 5. The minimum absolute atomic E-state index is 0.0428. The van der Waals surface area contributed by atoms with E-state index in [1.54, 1.807) is 21.3 Å². The number of ether oxygens (including phenoxy) is 2. The van der Waals surface area contributed by atoms with Crippen LogP contribution >= 0.6 is 0 Å². The zero-order chi connectivity index (χ0) is 29.1. The fourth-order valence-corrected chi connectivity index (χ4v) is 5.89. The second-order valence-electron chi connectivity index (χ2n) is 10.1. The Hall–Kier alpha value is -4.03. The zero-order valence-corrected chi connectivity index (χ0v) is 24.2. The average Bonchev–Trinajstić information content (AvgIpc) is 3.49. The van der Waals surface area contributed by atoms with Gasteiger partial charge in [-0.1, -0.05) is 90.9 Å². The molecule has 1 saturated carbocycles. The van der Waals surface area contributed by atoms with Gasteiger partial charge >= 0.3 is 0 Å². The summed E-state index contributed by atoms with van der Waals surface area (Å²) < 4.78 is 9.57. The van der Waals surface area contributed by atoms with Gasteiger partial charge in [-0.3, -0.25) is 14.5 Å². The van der Waals surface area contributed by atoms with Crippen molar-refractivity contribution in [1.29, 1.82) is 0 Å². The summed E-state index contributed by atoms with van der Waals surface area (Å²) in [4.78, 5) is 29.6. The van der Waals surface area contributed by atoms with Crippen LogP contribution in [0.25, 0.3) is 0 Å². The van der Waals surface area contributed by atoms with Gasteiger partial charge < -0.3 is 9.47 Å². The molecule has 6 rings (SSSR count). The summed E-state index contributed by atoms with van der Waals surface area (Å²) in [7, 11) is 4.87. The first-order valence-electron chi connectivity index (χ1n) is 13.5. The zero-order valence-electron chi connectivity index (χ0n) is 24.2. The lowest BCUT2D eigenvalue weighted by Crippen LogP contribution is -2.30. The SMILES string of the molecule is C(=Nc1ccccc1)Oc1ccccc1.CC1=C(C)C2C(C)C1C1C(=O)N(C)C(=O)C21.COC.c1ccccc1. The van der Waals surface area contributed by atoms with Gasteiger partial charge in [-0.2, -0.15) is 0 Å². The number of aliphatic imine (C=N–C) groups is 1. The van der Waals surface area contributed by atoms with Crippen LogP contribution in [0.15, 0.2) is 113 Å². The molecule has 3 aliphatic rings. The molecule has 3 aromatic carbocycles. The molecular formula is C34H40N2O4. The van der Waals surface area contributed by atoms with Gasteiger partial charge in [0.1, 0.15) is 5.75 Å². The van der Waals surface area contributed by atoms with Crippen molar-refractivity contribution in [1.82, 2.24) is 4.90 Å². The molecule has 210 valence electrons. The number of rotatable bonds is 3. The summed E-state index contributed by atoms with van der Waals surface area (Å²) in [6.45, 7) is 6.44. The normalized spacial score (nSPS) is 23.9. The maximum atomic E-state index is 12.1. The van der Waals surface area contributed by atoms with Gasteiger partial charge in [0.2, 0.25) is 11.8 Å². The van der Waals surface area contributed by atoms with Crippen molar-refractivity contribution in [3.63, 3.8) is 0 Å². The van der Waals surface area contributed by atoms with Gasteiger partial charge in [0, 0.05) is 21.3 Å². The summed E-state index contributed by atoms with van der Waals surface area (Å²) >= 11 is 0. The second kappa shape index (κ2) is 14.9. The Kier molecular flexibility index (Phi) is 11.4. The molecule has 4 atom stereocenters. The average molecular weight is 541 g/mol. The van der Waals surface area contributed by atoms with Crippen LogP contribution in [0.5, 0.6) is 5.75 Å². The molecule has 2 bridgehead atoms. The Morgan fingerprint density at radius 1 is 0.675 bits per heavy atom. The van der Waals surface area contributed by atoms with Crippen LogP contribution in [-0.4, -0.2) is 44.4 Å². The largest absolute Gasteiger partial charge is 0.446 e. The number of hydrogen-bond acceptors (Lipinski definition) is 5. The van der Waals surface area contributed by atoms with E-state index in [9.17, 15) is 9.59 Å². The number of likely N-dealkylation sites (tertiary alicyclic amines) is 1. The van der Waals surface area contributed by atoms with E-state index in [1.807, 2.05) is 97.1 Å². The molecule has 4 unspecified atom stereocenters. The molecule has 1 heterocycles. The van der Waals surface area contributed by atoms with E-state index in [0.29, 0.717) is 17.8 Å². The molecule has 6 heteroatoms. The molecule has 0 N–H and O–H groups in total. The molecule has 3 aromatic rings. The lowest BCUT2D eigenvalue weighted by molar-refractivity contribution is -0.139. The van der Waals surface area contributed by atoms with E-state index in [-0.39, 0.29) is 23.7 Å². The molecule has 2 fully saturated rings. The number of nitrogens with zero attached hydrogens (tertiary/aromatic N) is 2.